The molecule has 0 spiro atoms. The molecule has 2 fully saturated rings. The van der Waals surface area contributed by atoms with Crippen LogP contribution >= 0.6 is 11.6 Å². The number of carbonyl (C=O) groups excluding carboxylic acids is 1. The highest BCUT2D eigenvalue weighted by molar-refractivity contribution is 6.63. The van der Waals surface area contributed by atoms with Crippen molar-refractivity contribution in [3.8, 4) is 0 Å². The summed E-state index contributed by atoms with van der Waals surface area (Å²) in [6, 6.07) is 0. The lowest BCUT2D eigenvalue weighted by molar-refractivity contribution is -0.380. The second-order valence-electron chi connectivity index (χ2n) is 4.53. The molecular formula is C11H17ClO3. The van der Waals surface area contributed by atoms with Crippen LogP contribution in [0.4, 0.5) is 0 Å². The number of carbonyl (C=O) groups is 1. The Hall–Kier alpha value is -0.120. The van der Waals surface area contributed by atoms with Gasteiger partial charge in [0.15, 0.2) is 12.6 Å². The van der Waals surface area contributed by atoms with Crippen LogP contribution in [0.5, 0.6) is 0 Å². The Bertz CT molecular complexity index is 230. The number of rotatable bonds is 3. The van der Waals surface area contributed by atoms with E-state index in [2.05, 4.69) is 0 Å². The maximum Gasteiger partial charge on any atom is 0.224 e. The molecule has 1 saturated carbocycles. The molecule has 1 saturated heterocycles. The van der Waals surface area contributed by atoms with Gasteiger partial charge in [-0.25, -0.2) is 0 Å². The summed E-state index contributed by atoms with van der Waals surface area (Å²) in [6.07, 6.45) is 4.92. The van der Waals surface area contributed by atoms with E-state index < -0.39 is 0 Å². The lowest BCUT2D eigenvalue weighted by Gasteiger charge is -2.37. The normalized spacial score (nSPS) is 40.9. The Morgan fingerprint density at radius 3 is 2.33 bits per heavy atom. The maximum atomic E-state index is 11.0. The molecule has 1 aliphatic heterocycles. The third-order valence-electron chi connectivity index (χ3n) is 3.38. The fraction of sp³-hybridized carbons (Fsp3) is 0.909. The van der Waals surface area contributed by atoms with Crippen molar-refractivity contribution in [3.05, 3.63) is 0 Å². The molecule has 1 heterocycles. The van der Waals surface area contributed by atoms with Gasteiger partial charge in [-0.05, 0) is 50.1 Å². The molecule has 0 bridgehead atoms. The molecule has 3 nitrogen and oxygen atoms in total. The minimum absolute atomic E-state index is 0.00625. The summed E-state index contributed by atoms with van der Waals surface area (Å²) in [7, 11) is 0. The highest BCUT2D eigenvalue weighted by Gasteiger charge is 2.32. The first-order valence-electron chi connectivity index (χ1n) is 5.65. The van der Waals surface area contributed by atoms with Crippen LogP contribution in [0.25, 0.3) is 0 Å². The van der Waals surface area contributed by atoms with Crippen molar-refractivity contribution in [3.63, 3.8) is 0 Å². The number of hydrogen-bond donors (Lipinski definition) is 0. The number of ether oxygens (including phenoxy) is 2. The molecule has 15 heavy (non-hydrogen) atoms. The summed E-state index contributed by atoms with van der Waals surface area (Å²) < 4.78 is 10.8. The van der Waals surface area contributed by atoms with Crippen LogP contribution in [0, 0.1) is 11.8 Å². The van der Waals surface area contributed by atoms with Crippen molar-refractivity contribution in [2.45, 2.75) is 51.6 Å². The molecule has 0 aromatic carbocycles. The molecule has 0 radical (unpaired) electrons. The minimum Gasteiger partial charge on any atom is -0.324 e. The van der Waals surface area contributed by atoms with Crippen molar-refractivity contribution in [2.75, 3.05) is 0 Å². The Kier molecular flexibility index (Phi) is 3.65. The van der Waals surface area contributed by atoms with Gasteiger partial charge >= 0.3 is 0 Å². The number of hydrogen-bond acceptors (Lipinski definition) is 3. The first-order chi connectivity index (χ1) is 7.15. The summed E-state index contributed by atoms with van der Waals surface area (Å²) in [5, 5.41) is -0.168. The molecule has 0 aromatic heterocycles. The monoisotopic (exact) mass is 232 g/mol. The number of halogens is 1. The van der Waals surface area contributed by atoms with Crippen LogP contribution in [0.1, 0.15) is 39.0 Å². The van der Waals surface area contributed by atoms with Crippen LogP contribution in [0.15, 0.2) is 0 Å². The van der Waals surface area contributed by atoms with E-state index >= 15 is 0 Å². The van der Waals surface area contributed by atoms with Gasteiger partial charge in [-0.1, -0.05) is 0 Å². The molecule has 0 unspecified atom stereocenters. The van der Waals surface area contributed by atoms with Crippen LogP contribution in [-0.4, -0.2) is 17.8 Å². The van der Waals surface area contributed by atoms with Crippen LogP contribution < -0.4 is 0 Å². The lowest BCUT2D eigenvalue weighted by atomic mass is 9.81. The minimum atomic E-state index is -0.168. The zero-order chi connectivity index (χ0) is 10.8. The molecule has 0 N–H and O–H groups in total. The van der Waals surface area contributed by atoms with Gasteiger partial charge in [0, 0.05) is 12.3 Å². The standard InChI is InChI=1S/C11H17ClO3/c1-7-14-10(15-7)6-8-2-4-9(5-3-8)11(12)13/h7-10H,2-6H2,1H3. The summed E-state index contributed by atoms with van der Waals surface area (Å²) in [6.45, 7) is 1.90. The highest BCUT2D eigenvalue weighted by Crippen LogP contribution is 2.35. The van der Waals surface area contributed by atoms with E-state index in [1.165, 1.54) is 0 Å². The second kappa shape index (κ2) is 4.81. The van der Waals surface area contributed by atoms with Crippen LogP contribution in [-0.2, 0) is 14.3 Å². The van der Waals surface area contributed by atoms with E-state index in [0.717, 1.165) is 32.1 Å². The van der Waals surface area contributed by atoms with Gasteiger partial charge in [0.2, 0.25) is 5.24 Å². The molecule has 2 aliphatic rings. The molecular weight excluding hydrogens is 216 g/mol. The highest BCUT2D eigenvalue weighted by atomic mass is 35.5. The molecule has 86 valence electrons. The summed E-state index contributed by atoms with van der Waals surface area (Å²) in [4.78, 5) is 11.0. The molecule has 4 heteroatoms. The van der Waals surface area contributed by atoms with E-state index in [9.17, 15) is 4.79 Å². The predicted octanol–water partition coefficient (Wildman–Crippen LogP) is 2.67. The Morgan fingerprint density at radius 2 is 1.87 bits per heavy atom. The van der Waals surface area contributed by atoms with Crippen molar-refractivity contribution >= 4 is 16.8 Å². The van der Waals surface area contributed by atoms with Crippen molar-refractivity contribution < 1.29 is 14.3 Å². The van der Waals surface area contributed by atoms with Gasteiger partial charge in [-0.3, -0.25) is 4.79 Å². The summed E-state index contributed by atoms with van der Waals surface area (Å²) in [5.41, 5.74) is 0. The van der Waals surface area contributed by atoms with Gasteiger partial charge in [0.05, 0.1) is 0 Å². The fourth-order valence-corrected chi connectivity index (χ4v) is 2.66. The predicted molar refractivity (Wildman–Crippen MR) is 56.3 cm³/mol. The van der Waals surface area contributed by atoms with E-state index in [1.807, 2.05) is 6.92 Å². The largest absolute Gasteiger partial charge is 0.324 e. The first-order valence-corrected chi connectivity index (χ1v) is 6.03. The average molecular weight is 233 g/mol. The third kappa shape index (κ3) is 2.92. The van der Waals surface area contributed by atoms with Crippen LogP contribution in [0.3, 0.4) is 0 Å². The van der Waals surface area contributed by atoms with Crippen molar-refractivity contribution in [1.82, 2.24) is 0 Å². The van der Waals surface area contributed by atoms with Crippen LogP contribution in [0.2, 0.25) is 0 Å². The smallest absolute Gasteiger partial charge is 0.224 e. The SMILES string of the molecule is CC1OC(CC2CCC(C(=O)Cl)CC2)O1. The summed E-state index contributed by atoms with van der Waals surface area (Å²) >= 11 is 5.48. The molecule has 1 aliphatic carbocycles. The fourth-order valence-electron chi connectivity index (χ4n) is 2.45. The molecule has 0 atom stereocenters. The summed E-state index contributed by atoms with van der Waals surface area (Å²) in [5.74, 6) is 0.722. The first kappa shape index (κ1) is 11.4. The van der Waals surface area contributed by atoms with Crippen molar-refractivity contribution in [2.24, 2.45) is 11.8 Å². The van der Waals surface area contributed by atoms with Gasteiger partial charge in [0.1, 0.15) is 0 Å². The molecule has 2 rings (SSSR count). The molecule has 0 amide bonds. The maximum absolute atomic E-state index is 11.0. The van der Waals surface area contributed by atoms with Crippen molar-refractivity contribution in [1.29, 1.82) is 0 Å². The van der Waals surface area contributed by atoms with Gasteiger partial charge in [0.25, 0.3) is 0 Å². The Morgan fingerprint density at radius 1 is 1.27 bits per heavy atom. The third-order valence-corrected chi connectivity index (χ3v) is 3.69. The van der Waals surface area contributed by atoms with Gasteiger partial charge < -0.3 is 9.47 Å². The quantitative estimate of drug-likeness (QED) is 0.702. The van der Waals surface area contributed by atoms with Gasteiger partial charge in [-0.15, -0.1) is 0 Å². The zero-order valence-electron chi connectivity index (χ0n) is 8.95. The lowest BCUT2D eigenvalue weighted by Crippen LogP contribution is -2.40. The second-order valence-corrected chi connectivity index (χ2v) is 4.90. The average Bonchev–Trinajstić information content (AvgIpc) is 2.16. The Labute approximate surface area is 95.1 Å². The Balaban J connectivity index is 1.67. The topological polar surface area (TPSA) is 35.5 Å². The van der Waals surface area contributed by atoms with E-state index in [4.69, 9.17) is 21.1 Å². The van der Waals surface area contributed by atoms with E-state index in [-0.39, 0.29) is 23.7 Å². The van der Waals surface area contributed by atoms with E-state index in [0.29, 0.717) is 5.92 Å². The molecule has 0 aromatic rings. The van der Waals surface area contributed by atoms with Gasteiger partial charge in [-0.2, -0.15) is 0 Å². The zero-order valence-corrected chi connectivity index (χ0v) is 9.70. The van der Waals surface area contributed by atoms with E-state index in [1.54, 1.807) is 0 Å².